The van der Waals surface area contributed by atoms with Crippen molar-refractivity contribution in [1.82, 2.24) is 0 Å². The molecule has 49 heavy (non-hydrogen) atoms. The van der Waals surface area contributed by atoms with Gasteiger partial charge in [-0.15, -0.1) is 0 Å². The number of rotatable bonds is 7. The third kappa shape index (κ3) is 5.20. The number of aryl methyl sites for hydroxylation is 4. The quantitative estimate of drug-likeness (QED) is 0.161. The summed E-state index contributed by atoms with van der Waals surface area (Å²) >= 11 is 0. The van der Waals surface area contributed by atoms with E-state index in [0.29, 0.717) is 5.92 Å². The van der Waals surface area contributed by atoms with Crippen molar-refractivity contribution in [1.29, 1.82) is 0 Å². The summed E-state index contributed by atoms with van der Waals surface area (Å²) in [5.41, 5.74) is 13.5. The van der Waals surface area contributed by atoms with E-state index in [2.05, 4.69) is 191 Å². The van der Waals surface area contributed by atoms with Crippen LogP contribution in [0.15, 0.2) is 140 Å². The van der Waals surface area contributed by atoms with E-state index in [-0.39, 0.29) is 0 Å². The van der Waals surface area contributed by atoms with Crippen LogP contribution >= 0.6 is 0 Å². The number of hydrogen-bond donors (Lipinski definition) is 0. The summed E-state index contributed by atoms with van der Waals surface area (Å²) in [5, 5.41) is 7.78. The van der Waals surface area contributed by atoms with Crippen LogP contribution in [0.25, 0.3) is 32.3 Å². The Balaban J connectivity index is 1.49. The summed E-state index contributed by atoms with van der Waals surface area (Å²) in [5.74, 6) is 0.348. The van der Waals surface area contributed by atoms with Crippen molar-refractivity contribution in [2.45, 2.75) is 47.5 Å². The van der Waals surface area contributed by atoms with E-state index in [1.807, 2.05) is 0 Å². The second kappa shape index (κ2) is 12.1. The SMILES string of the molecule is Cc1cccc(N(c2ccccc2C)c2ccc3ccc4c(N(c5cccc(C)c5)c5ccccc5C)ccc5c(C(C)C)cc2c3c54)c1. The Hall–Kier alpha value is -5.60. The van der Waals surface area contributed by atoms with Crippen LogP contribution in [0.5, 0.6) is 0 Å². The van der Waals surface area contributed by atoms with Gasteiger partial charge in [-0.05, 0) is 138 Å². The van der Waals surface area contributed by atoms with Crippen molar-refractivity contribution in [3.63, 3.8) is 0 Å². The molecule has 8 aromatic rings. The second-order valence-corrected chi connectivity index (χ2v) is 13.9. The normalized spacial score (nSPS) is 11.7. The van der Waals surface area contributed by atoms with Gasteiger partial charge in [0.15, 0.2) is 0 Å². The molecular weight excluding hydrogens is 593 g/mol. The molecule has 0 aromatic heterocycles. The van der Waals surface area contributed by atoms with Crippen LogP contribution in [-0.4, -0.2) is 0 Å². The highest BCUT2D eigenvalue weighted by atomic mass is 15.2. The summed E-state index contributed by atoms with van der Waals surface area (Å²) in [6, 6.07) is 51.7. The van der Waals surface area contributed by atoms with E-state index in [0.717, 1.165) is 0 Å². The molecule has 0 fully saturated rings. The summed E-state index contributed by atoms with van der Waals surface area (Å²) in [6.07, 6.45) is 0. The molecule has 0 radical (unpaired) electrons. The average Bonchev–Trinajstić information content (AvgIpc) is 3.10. The lowest BCUT2D eigenvalue weighted by molar-refractivity contribution is 0.878. The molecule has 8 aromatic carbocycles. The van der Waals surface area contributed by atoms with Crippen molar-refractivity contribution in [2.75, 3.05) is 9.80 Å². The molecular formula is C47H42N2. The van der Waals surface area contributed by atoms with Crippen molar-refractivity contribution in [3.8, 4) is 0 Å². The molecule has 2 nitrogen and oxygen atoms in total. The first-order chi connectivity index (χ1) is 23.8. The Morgan fingerprint density at radius 2 is 0.918 bits per heavy atom. The minimum absolute atomic E-state index is 0.348. The standard InChI is InChI=1S/C47H42N2/c1-30(2)40-29-41-45(49(37-18-12-14-32(4)28-37)43-20-10-8-16-34(43)6)25-22-35-21-23-39-44(26-24-38(40)47(39)46(35)41)48(36-17-11-13-31(3)27-36)42-19-9-7-15-33(42)5/h7-30H,1-6H3. The predicted octanol–water partition coefficient (Wildman–Crippen LogP) is 13.9. The lowest BCUT2D eigenvalue weighted by atomic mass is 9.86. The molecule has 0 aliphatic heterocycles. The lowest BCUT2D eigenvalue weighted by Crippen LogP contribution is -2.13. The fourth-order valence-electron chi connectivity index (χ4n) is 7.73. The molecule has 8 rings (SSSR count). The first kappa shape index (κ1) is 30.7. The van der Waals surface area contributed by atoms with Crippen LogP contribution in [0.3, 0.4) is 0 Å². The Kier molecular flexibility index (Phi) is 7.60. The van der Waals surface area contributed by atoms with Crippen LogP contribution < -0.4 is 9.80 Å². The third-order valence-corrected chi connectivity index (χ3v) is 10.1. The molecule has 0 amide bonds. The fraction of sp³-hybridized carbons (Fsp3) is 0.149. The monoisotopic (exact) mass is 634 g/mol. The van der Waals surface area contributed by atoms with Crippen LogP contribution in [0.4, 0.5) is 34.1 Å². The van der Waals surface area contributed by atoms with E-state index in [1.165, 1.54) is 94.3 Å². The van der Waals surface area contributed by atoms with Gasteiger partial charge < -0.3 is 9.80 Å². The van der Waals surface area contributed by atoms with Gasteiger partial charge in [0.25, 0.3) is 0 Å². The maximum Gasteiger partial charge on any atom is 0.0540 e. The number of hydrogen-bond acceptors (Lipinski definition) is 2. The molecule has 2 heteroatoms. The van der Waals surface area contributed by atoms with Gasteiger partial charge in [-0.1, -0.05) is 98.8 Å². The molecule has 0 saturated carbocycles. The minimum Gasteiger partial charge on any atom is -0.310 e. The Morgan fingerprint density at radius 1 is 0.408 bits per heavy atom. The van der Waals surface area contributed by atoms with Gasteiger partial charge >= 0.3 is 0 Å². The summed E-state index contributed by atoms with van der Waals surface area (Å²) in [4.78, 5) is 4.92. The third-order valence-electron chi connectivity index (χ3n) is 10.1. The predicted molar refractivity (Wildman–Crippen MR) is 213 cm³/mol. The van der Waals surface area contributed by atoms with Crippen molar-refractivity contribution >= 4 is 66.4 Å². The molecule has 0 spiro atoms. The highest BCUT2D eigenvalue weighted by Crippen LogP contribution is 2.49. The zero-order valence-electron chi connectivity index (χ0n) is 29.3. The summed E-state index contributed by atoms with van der Waals surface area (Å²) in [6.45, 7) is 13.4. The van der Waals surface area contributed by atoms with E-state index in [1.54, 1.807) is 0 Å². The first-order valence-electron chi connectivity index (χ1n) is 17.4. The number of para-hydroxylation sites is 2. The molecule has 0 heterocycles. The van der Waals surface area contributed by atoms with Crippen molar-refractivity contribution in [2.24, 2.45) is 0 Å². The Morgan fingerprint density at radius 3 is 1.47 bits per heavy atom. The average molecular weight is 635 g/mol. The topological polar surface area (TPSA) is 6.48 Å². The van der Waals surface area contributed by atoms with E-state index in [4.69, 9.17) is 0 Å². The Labute approximate surface area is 290 Å². The lowest BCUT2D eigenvalue weighted by Gasteiger charge is -2.31. The van der Waals surface area contributed by atoms with E-state index < -0.39 is 0 Å². The maximum atomic E-state index is 2.48. The van der Waals surface area contributed by atoms with Crippen LogP contribution in [0.2, 0.25) is 0 Å². The summed E-state index contributed by atoms with van der Waals surface area (Å²) < 4.78 is 0. The van der Waals surface area contributed by atoms with Crippen LogP contribution in [-0.2, 0) is 0 Å². The van der Waals surface area contributed by atoms with Gasteiger partial charge in [-0.25, -0.2) is 0 Å². The van der Waals surface area contributed by atoms with Gasteiger partial charge in [0.05, 0.1) is 11.4 Å². The van der Waals surface area contributed by atoms with Crippen LogP contribution in [0.1, 0.15) is 47.6 Å². The molecule has 0 atom stereocenters. The van der Waals surface area contributed by atoms with Crippen molar-refractivity contribution < 1.29 is 0 Å². The Bertz CT molecular complexity index is 2490. The number of benzene rings is 8. The smallest absolute Gasteiger partial charge is 0.0540 e. The van der Waals surface area contributed by atoms with Gasteiger partial charge in [-0.2, -0.15) is 0 Å². The number of nitrogens with zero attached hydrogens (tertiary/aromatic N) is 2. The molecule has 0 aliphatic carbocycles. The van der Waals surface area contributed by atoms with Crippen molar-refractivity contribution in [3.05, 3.63) is 167 Å². The van der Waals surface area contributed by atoms with E-state index in [9.17, 15) is 0 Å². The molecule has 0 aliphatic rings. The van der Waals surface area contributed by atoms with Gasteiger partial charge in [-0.3, -0.25) is 0 Å². The van der Waals surface area contributed by atoms with Gasteiger partial charge in [0, 0.05) is 33.5 Å². The second-order valence-electron chi connectivity index (χ2n) is 13.9. The zero-order chi connectivity index (χ0) is 33.8. The number of anilines is 6. The van der Waals surface area contributed by atoms with Gasteiger partial charge in [0.2, 0.25) is 0 Å². The fourth-order valence-corrected chi connectivity index (χ4v) is 7.73. The van der Waals surface area contributed by atoms with E-state index >= 15 is 0 Å². The summed E-state index contributed by atoms with van der Waals surface area (Å²) in [7, 11) is 0. The van der Waals surface area contributed by atoms with Crippen LogP contribution in [0, 0.1) is 27.7 Å². The molecule has 240 valence electrons. The minimum atomic E-state index is 0.348. The molecule has 0 N–H and O–H groups in total. The zero-order valence-corrected chi connectivity index (χ0v) is 29.3. The highest BCUT2D eigenvalue weighted by molar-refractivity contribution is 6.29. The highest BCUT2D eigenvalue weighted by Gasteiger charge is 2.24. The maximum absolute atomic E-state index is 2.48. The molecule has 0 unspecified atom stereocenters. The molecule has 0 saturated heterocycles. The first-order valence-corrected chi connectivity index (χ1v) is 17.4. The van der Waals surface area contributed by atoms with Gasteiger partial charge in [0.1, 0.15) is 0 Å². The largest absolute Gasteiger partial charge is 0.310 e. The molecule has 0 bridgehead atoms.